The molecule has 0 atom stereocenters. The van der Waals surface area contributed by atoms with Crippen LogP contribution in [0.5, 0.6) is 5.75 Å². The molecule has 1 aliphatic rings. The zero-order chi connectivity index (χ0) is 25.1. The molecule has 34 heavy (non-hydrogen) atoms. The number of anilines is 1. The topological polar surface area (TPSA) is 151 Å². The molecule has 1 aromatic carbocycles. The minimum absolute atomic E-state index is 0.00912. The van der Waals surface area contributed by atoms with Crippen LogP contribution in [0.1, 0.15) is 38.7 Å². The summed E-state index contributed by atoms with van der Waals surface area (Å²) in [4.78, 5) is 33.1. The van der Waals surface area contributed by atoms with Crippen molar-refractivity contribution in [2.45, 2.75) is 33.1 Å². The normalized spacial score (nSPS) is 14.9. The summed E-state index contributed by atoms with van der Waals surface area (Å²) in [6.45, 7) is 3.83. The SMILES string of the molecule is CC/C=C(C(=O)OCC)/C(=C\C(=NC)NC(=O)C1CC1)Nc1cccc(C(N)=NC=N)c1OC. The highest BCUT2D eigenvalue weighted by molar-refractivity contribution is 6.08. The van der Waals surface area contributed by atoms with Crippen molar-refractivity contribution in [2.24, 2.45) is 21.6 Å². The minimum Gasteiger partial charge on any atom is -0.494 e. The van der Waals surface area contributed by atoms with E-state index in [-0.39, 0.29) is 29.8 Å². The van der Waals surface area contributed by atoms with Gasteiger partial charge in [-0.2, -0.15) is 0 Å². The fourth-order valence-corrected chi connectivity index (χ4v) is 3.11. The molecule has 2 rings (SSSR count). The van der Waals surface area contributed by atoms with E-state index in [9.17, 15) is 9.59 Å². The van der Waals surface area contributed by atoms with Gasteiger partial charge in [-0.15, -0.1) is 0 Å². The molecule has 1 saturated carbocycles. The van der Waals surface area contributed by atoms with Crippen molar-refractivity contribution in [3.8, 4) is 5.75 Å². The fraction of sp³-hybridized carbons (Fsp3) is 0.375. The molecule has 5 N–H and O–H groups in total. The number of esters is 1. The third kappa shape index (κ3) is 7.03. The summed E-state index contributed by atoms with van der Waals surface area (Å²) in [7, 11) is 3.04. The smallest absolute Gasteiger partial charge is 0.339 e. The van der Waals surface area contributed by atoms with Gasteiger partial charge < -0.3 is 25.8 Å². The molecular formula is C24H32N6O4. The number of hydrogen-bond donors (Lipinski definition) is 4. The van der Waals surface area contributed by atoms with Crippen molar-refractivity contribution in [1.29, 1.82) is 5.41 Å². The van der Waals surface area contributed by atoms with Gasteiger partial charge in [0.15, 0.2) is 5.75 Å². The third-order valence-corrected chi connectivity index (χ3v) is 4.88. The highest BCUT2D eigenvalue weighted by Crippen LogP contribution is 2.31. The van der Waals surface area contributed by atoms with Gasteiger partial charge in [-0.3, -0.25) is 15.2 Å². The molecule has 0 bridgehead atoms. The Bertz CT molecular complexity index is 1040. The second-order valence-electron chi connectivity index (χ2n) is 7.33. The zero-order valence-electron chi connectivity index (χ0n) is 20.0. The summed E-state index contributed by atoms with van der Waals surface area (Å²) in [5.74, 6) is 0.128. The lowest BCUT2D eigenvalue weighted by molar-refractivity contribution is -0.138. The third-order valence-electron chi connectivity index (χ3n) is 4.88. The number of benzene rings is 1. The maximum Gasteiger partial charge on any atom is 0.339 e. The molecule has 10 heteroatoms. The van der Waals surface area contributed by atoms with Gasteiger partial charge in [0.05, 0.1) is 36.2 Å². The predicted octanol–water partition coefficient (Wildman–Crippen LogP) is 2.76. The van der Waals surface area contributed by atoms with Gasteiger partial charge in [-0.1, -0.05) is 19.1 Å². The van der Waals surface area contributed by atoms with Gasteiger partial charge in [-0.25, -0.2) is 9.79 Å². The first-order valence-corrected chi connectivity index (χ1v) is 11.0. The molecule has 1 amide bonds. The number of para-hydroxylation sites is 1. The molecule has 182 valence electrons. The zero-order valence-corrected chi connectivity index (χ0v) is 20.0. The first-order valence-electron chi connectivity index (χ1n) is 11.0. The first-order chi connectivity index (χ1) is 16.4. The summed E-state index contributed by atoms with van der Waals surface area (Å²) in [6.07, 6.45) is 6.42. The summed E-state index contributed by atoms with van der Waals surface area (Å²) in [6, 6.07) is 5.19. The fourth-order valence-electron chi connectivity index (χ4n) is 3.11. The lowest BCUT2D eigenvalue weighted by Crippen LogP contribution is -2.31. The number of hydrogen-bond acceptors (Lipinski definition) is 7. The van der Waals surface area contributed by atoms with Crippen LogP contribution in [0.4, 0.5) is 5.69 Å². The molecule has 0 aliphatic heterocycles. The van der Waals surface area contributed by atoms with Gasteiger partial charge in [0.25, 0.3) is 0 Å². The van der Waals surface area contributed by atoms with Crippen molar-refractivity contribution in [3.63, 3.8) is 0 Å². The number of amides is 1. The van der Waals surface area contributed by atoms with Crippen molar-refractivity contribution in [3.05, 3.63) is 47.2 Å². The molecule has 0 aromatic heterocycles. The van der Waals surface area contributed by atoms with Gasteiger partial charge in [0, 0.05) is 19.0 Å². The number of carbonyl (C=O) groups excluding carboxylic acids is 2. The molecule has 1 aliphatic carbocycles. The Labute approximate surface area is 199 Å². The van der Waals surface area contributed by atoms with Crippen LogP contribution in [0.3, 0.4) is 0 Å². The molecule has 0 unspecified atom stereocenters. The number of methoxy groups -OCH3 is 1. The summed E-state index contributed by atoms with van der Waals surface area (Å²) in [5.41, 5.74) is 7.59. The Balaban J connectivity index is 2.57. The van der Waals surface area contributed by atoms with Crippen molar-refractivity contribution >= 4 is 35.6 Å². The van der Waals surface area contributed by atoms with Crippen LogP contribution in [0.2, 0.25) is 0 Å². The minimum atomic E-state index is -0.521. The van der Waals surface area contributed by atoms with E-state index in [0.29, 0.717) is 35.0 Å². The number of aliphatic imine (C=N–C) groups is 2. The van der Waals surface area contributed by atoms with Gasteiger partial charge in [-0.05, 0) is 38.3 Å². The Kier molecular flexibility index (Phi) is 10.0. The Morgan fingerprint density at radius 1 is 1.29 bits per heavy atom. The number of nitrogens with two attached hydrogens (primary N) is 1. The van der Waals surface area contributed by atoms with Crippen LogP contribution in [0.25, 0.3) is 0 Å². The van der Waals surface area contributed by atoms with Crippen LogP contribution >= 0.6 is 0 Å². The highest BCUT2D eigenvalue weighted by Gasteiger charge is 2.30. The van der Waals surface area contributed by atoms with E-state index in [4.69, 9.17) is 20.6 Å². The number of allylic oxidation sites excluding steroid dienone is 1. The lowest BCUT2D eigenvalue weighted by Gasteiger charge is -2.19. The molecular weight excluding hydrogens is 436 g/mol. The molecule has 0 spiro atoms. The monoisotopic (exact) mass is 468 g/mol. The standard InChI is InChI=1S/C24H32N6O4/c1-5-8-16(24(32)34-6-2)19(13-20(27-3)30-23(31)15-11-12-15)29-18-10-7-9-17(21(18)33-4)22(26)28-14-25/h7-10,13-15,29H,5-6,11-12H2,1-4H3,(H3,25,26,28)(H,27,30,31)/b16-8-,19-13+. The van der Waals surface area contributed by atoms with E-state index in [1.54, 1.807) is 44.3 Å². The molecule has 1 fully saturated rings. The average Bonchev–Trinajstić information content (AvgIpc) is 3.67. The van der Waals surface area contributed by atoms with Gasteiger partial charge in [0.1, 0.15) is 18.0 Å². The molecule has 0 saturated heterocycles. The van der Waals surface area contributed by atoms with Gasteiger partial charge in [0.2, 0.25) is 5.91 Å². The number of amidine groups is 2. The van der Waals surface area contributed by atoms with Crippen LogP contribution < -0.4 is 21.1 Å². The van der Waals surface area contributed by atoms with E-state index in [1.807, 2.05) is 6.92 Å². The average molecular weight is 469 g/mol. The van der Waals surface area contributed by atoms with Crippen LogP contribution in [0, 0.1) is 11.3 Å². The number of ether oxygens (including phenoxy) is 2. The maximum absolute atomic E-state index is 12.8. The number of rotatable bonds is 11. The van der Waals surface area contributed by atoms with Crippen molar-refractivity contribution < 1.29 is 19.1 Å². The summed E-state index contributed by atoms with van der Waals surface area (Å²) < 4.78 is 10.8. The molecule has 0 heterocycles. The van der Waals surface area contributed by atoms with Crippen LogP contribution in [-0.4, -0.2) is 50.7 Å². The second kappa shape index (κ2) is 12.9. The Morgan fingerprint density at radius 3 is 2.59 bits per heavy atom. The Morgan fingerprint density at radius 2 is 2.03 bits per heavy atom. The van der Waals surface area contributed by atoms with Gasteiger partial charge >= 0.3 is 5.97 Å². The van der Waals surface area contributed by atoms with E-state index < -0.39 is 5.97 Å². The first kappa shape index (κ1) is 26.3. The second-order valence-corrected chi connectivity index (χ2v) is 7.33. The predicted molar refractivity (Wildman–Crippen MR) is 133 cm³/mol. The van der Waals surface area contributed by atoms with Crippen LogP contribution in [0.15, 0.2) is 51.6 Å². The number of nitrogens with one attached hydrogen (secondary N) is 3. The molecule has 1 aromatic rings. The lowest BCUT2D eigenvalue weighted by atomic mass is 10.1. The summed E-state index contributed by atoms with van der Waals surface area (Å²) in [5, 5.41) is 13.2. The highest BCUT2D eigenvalue weighted by atomic mass is 16.5. The van der Waals surface area contributed by atoms with E-state index in [0.717, 1.165) is 19.2 Å². The van der Waals surface area contributed by atoms with Crippen molar-refractivity contribution in [1.82, 2.24) is 5.32 Å². The Hall–Kier alpha value is -3.95. The molecule has 0 radical (unpaired) electrons. The number of carbonyl (C=O) groups is 2. The van der Waals surface area contributed by atoms with E-state index in [2.05, 4.69) is 20.6 Å². The molecule has 10 nitrogen and oxygen atoms in total. The van der Waals surface area contributed by atoms with Crippen molar-refractivity contribution in [2.75, 3.05) is 26.1 Å². The quantitative estimate of drug-likeness (QED) is 0.129. The maximum atomic E-state index is 12.8. The van der Waals surface area contributed by atoms with E-state index in [1.165, 1.54) is 7.11 Å². The number of nitrogens with zero attached hydrogens (tertiary/aromatic N) is 2. The largest absolute Gasteiger partial charge is 0.494 e. The van der Waals surface area contributed by atoms with Crippen LogP contribution in [-0.2, 0) is 14.3 Å². The summed E-state index contributed by atoms with van der Waals surface area (Å²) >= 11 is 0. The van der Waals surface area contributed by atoms with E-state index >= 15 is 0 Å².